The van der Waals surface area contributed by atoms with E-state index in [9.17, 15) is 0 Å². The van der Waals surface area contributed by atoms with Gasteiger partial charge in [0.25, 0.3) is 0 Å². The fraction of sp³-hybridized carbons (Fsp3) is 0.714. The highest BCUT2D eigenvalue weighted by Gasteiger charge is 2.51. The summed E-state index contributed by atoms with van der Waals surface area (Å²) in [6, 6.07) is 9.45. The lowest BCUT2D eigenvalue weighted by atomic mass is 9.79. The van der Waals surface area contributed by atoms with Crippen LogP contribution in [0.3, 0.4) is 0 Å². The minimum absolute atomic E-state index is 0.273. The molecule has 2 fully saturated rings. The van der Waals surface area contributed by atoms with Gasteiger partial charge < -0.3 is 14.2 Å². The van der Waals surface area contributed by atoms with Gasteiger partial charge in [0.2, 0.25) is 0 Å². The van der Waals surface area contributed by atoms with Crippen LogP contribution >= 0.6 is 0 Å². The molecular formula is C21H35BN2O2. The summed E-state index contributed by atoms with van der Waals surface area (Å²) in [6.07, 6.45) is 2.55. The molecule has 2 heterocycles. The van der Waals surface area contributed by atoms with E-state index in [2.05, 4.69) is 75.7 Å². The molecule has 26 heavy (non-hydrogen) atoms. The third kappa shape index (κ3) is 4.17. The summed E-state index contributed by atoms with van der Waals surface area (Å²) in [7, 11) is 1.99. The highest BCUT2D eigenvalue weighted by molar-refractivity contribution is 6.62. The Labute approximate surface area is 160 Å². The largest absolute Gasteiger partial charge is 0.494 e. The number of piperidine rings is 1. The Kier molecular flexibility index (Phi) is 5.83. The number of hydrogen-bond donors (Lipinski definition) is 0. The van der Waals surface area contributed by atoms with Crippen molar-refractivity contribution in [1.29, 1.82) is 0 Å². The normalized spacial score (nSPS) is 23.7. The van der Waals surface area contributed by atoms with Gasteiger partial charge in [-0.1, -0.05) is 31.2 Å². The molecular weight excluding hydrogens is 323 g/mol. The SMILES string of the molecule is CCN1CCC(N(C)Cc2ccc(B3OC(C)(C)C(C)(C)O3)cc2)CC1. The van der Waals surface area contributed by atoms with Crippen molar-refractivity contribution in [3.8, 4) is 0 Å². The fourth-order valence-corrected chi connectivity index (χ4v) is 3.85. The number of rotatable bonds is 5. The zero-order valence-corrected chi connectivity index (χ0v) is 17.4. The Balaban J connectivity index is 1.57. The summed E-state index contributed by atoms with van der Waals surface area (Å²) >= 11 is 0. The predicted molar refractivity (Wildman–Crippen MR) is 109 cm³/mol. The molecule has 0 unspecified atom stereocenters. The Hall–Kier alpha value is -0.875. The molecule has 2 aliphatic heterocycles. The quantitative estimate of drug-likeness (QED) is 0.756. The second-order valence-corrected chi connectivity index (χ2v) is 8.91. The van der Waals surface area contributed by atoms with E-state index in [4.69, 9.17) is 9.31 Å². The van der Waals surface area contributed by atoms with Crippen LogP contribution in [0.1, 0.15) is 53.0 Å². The maximum atomic E-state index is 6.15. The summed E-state index contributed by atoms with van der Waals surface area (Å²) in [6.45, 7) is 15.3. The van der Waals surface area contributed by atoms with Crippen molar-refractivity contribution in [2.45, 2.75) is 71.2 Å². The highest BCUT2D eigenvalue weighted by Crippen LogP contribution is 2.36. The van der Waals surface area contributed by atoms with E-state index in [-0.39, 0.29) is 18.3 Å². The van der Waals surface area contributed by atoms with Crippen LogP contribution < -0.4 is 5.46 Å². The van der Waals surface area contributed by atoms with Gasteiger partial charge in [-0.2, -0.15) is 0 Å². The standard InChI is InChI=1S/C21H35BN2O2/c1-7-24-14-12-19(13-15-24)23(6)16-17-8-10-18(11-9-17)22-25-20(2,3)21(4,5)26-22/h8-11,19H,7,12-16H2,1-6H3. The zero-order chi connectivity index (χ0) is 18.9. The molecule has 0 saturated carbocycles. The summed E-state index contributed by atoms with van der Waals surface area (Å²) < 4.78 is 12.3. The fourth-order valence-electron chi connectivity index (χ4n) is 3.85. The van der Waals surface area contributed by atoms with Gasteiger partial charge in [0.1, 0.15) is 0 Å². The lowest BCUT2D eigenvalue weighted by molar-refractivity contribution is 0.00578. The summed E-state index contributed by atoms with van der Waals surface area (Å²) in [5.74, 6) is 0. The molecule has 4 nitrogen and oxygen atoms in total. The average molecular weight is 358 g/mol. The van der Waals surface area contributed by atoms with Gasteiger partial charge in [-0.3, -0.25) is 4.90 Å². The topological polar surface area (TPSA) is 24.9 Å². The average Bonchev–Trinajstić information content (AvgIpc) is 2.83. The van der Waals surface area contributed by atoms with Crippen molar-refractivity contribution in [2.24, 2.45) is 0 Å². The Morgan fingerprint density at radius 3 is 2.08 bits per heavy atom. The molecule has 144 valence electrons. The van der Waals surface area contributed by atoms with Crippen LogP contribution in [0.2, 0.25) is 0 Å². The first-order valence-corrected chi connectivity index (χ1v) is 10.1. The molecule has 0 aliphatic carbocycles. The van der Waals surface area contributed by atoms with E-state index in [0.29, 0.717) is 6.04 Å². The molecule has 1 aromatic rings. The molecule has 0 bridgehead atoms. The molecule has 0 aromatic heterocycles. The van der Waals surface area contributed by atoms with E-state index in [1.54, 1.807) is 0 Å². The first-order chi connectivity index (χ1) is 12.2. The summed E-state index contributed by atoms with van der Waals surface area (Å²) in [4.78, 5) is 5.06. The van der Waals surface area contributed by atoms with Crippen LogP contribution in [0.25, 0.3) is 0 Å². The third-order valence-corrected chi connectivity index (χ3v) is 6.56. The van der Waals surface area contributed by atoms with Crippen molar-refractivity contribution in [2.75, 3.05) is 26.7 Å². The Morgan fingerprint density at radius 2 is 1.58 bits per heavy atom. The lowest BCUT2D eigenvalue weighted by Gasteiger charge is -2.36. The van der Waals surface area contributed by atoms with Crippen molar-refractivity contribution in [3.63, 3.8) is 0 Å². The second-order valence-electron chi connectivity index (χ2n) is 8.91. The maximum absolute atomic E-state index is 6.15. The molecule has 5 heteroatoms. The highest BCUT2D eigenvalue weighted by atomic mass is 16.7. The molecule has 1 aromatic carbocycles. The van der Waals surface area contributed by atoms with Crippen molar-refractivity contribution < 1.29 is 9.31 Å². The number of hydrogen-bond acceptors (Lipinski definition) is 4. The minimum Gasteiger partial charge on any atom is -0.399 e. The van der Waals surface area contributed by atoms with Crippen molar-refractivity contribution >= 4 is 12.6 Å². The van der Waals surface area contributed by atoms with Gasteiger partial charge in [0, 0.05) is 12.6 Å². The molecule has 0 atom stereocenters. The second kappa shape index (κ2) is 7.63. The zero-order valence-electron chi connectivity index (χ0n) is 17.4. The van der Waals surface area contributed by atoms with Crippen LogP contribution in [0.5, 0.6) is 0 Å². The van der Waals surface area contributed by atoms with Crippen LogP contribution in [0.15, 0.2) is 24.3 Å². The first-order valence-electron chi connectivity index (χ1n) is 10.1. The lowest BCUT2D eigenvalue weighted by Crippen LogP contribution is -2.42. The van der Waals surface area contributed by atoms with E-state index >= 15 is 0 Å². The molecule has 0 amide bonds. The molecule has 0 radical (unpaired) electrons. The van der Waals surface area contributed by atoms with Crippen molar-refractivity contribution in [3.05, 3.63) is 29.8 Å². The Bertz CT molecular complexity index is 579. The predicted octanol–water partition coefficient (Wildman–Crippen LogP) is 2.90. The molecule has 2 saturated heterocycles. The first kappa shape index (κ1) is 19.9. The van der Waals surface area contributed by atoms with E-state index < -0.39 is 0 Å². The molecule has 2 aliphatic rings. The van der Waals surface area contributed by atoms with E-state index in [1.807, 2.05) is 0 Å². The molecule has 0 spiro atoms. The van der Waals surface area contributed by atoms with Gasteiger partial charge >= 0.3 is 7.12 Å². The van der Waals surface area contributed by atoms with E-state index in [1.165, 1.54) is 38.0 Å². The van der Waals surface area contributed by atoms with Gasteiger partial charge in [-0.05, 0) is 78.2 Å². The van der Waals surface area contributed by atoms with Crippen LogP contribution in [0.4, 0.5) is 0 Å². The third-order valence-electron chi connectivity index (χ3n) is 6.56. The van der Waals surface area contributed by atoms with Gasteiger partial charge in [0.05, 0.1) is 11.2 Å². The summed E-state index contributed by atoms with van der Waals surface area (Å²) in [5, 5.41) is 0. The molecule has 3 rings (SSSR count). The van der Waals surface area contributed by atoms with Gasteiger partial charge in [-0.15, -0.1) is 0 Å². The van der Waals surface area contributed by atoms with Gasteiger partial charge in [-0.25, -0.2) is 0 Å². The van der Waals surface area contributed by atoms with Crippen LogP contribution in [-0.2, 0) is 15.9 Å². The van der Waals surface area contributed by atoms with Crippen LogP contribution in [0, 0.1) is 0 Å². The minimum atomic E-state index is -0.288. The Morgan fingerprint density at radius 1 is 1.04 bits per heavy atom. The number of nitrogens with zero attached hydrogens (tertiary/aromatic N) is 2. The number of benzene rings is 1. The molecule has 0 N–H and O–H groups in total. The monoisotopic (exact) mass is 358 g/mol. The van der Waals surface area contributed by atoms with Crippen LogP contribution in [-0.4, -0.2) is 60.8 Å². The summed E-state index contributed by atoms with van der Waals surface area (Å²) in [5.41, 5.74) is 1.88. The van der Waals surface area contributed by atoms with Gasteiger partial charge in [0.15, 0.2) is 0 Å². The number of likely N-dealkylation sites (tertiary alicyclic amines) is 1. The van der Waals surface area contributed by atoms with Crippen molar-refractivity contribution in [1.82, 2.24) is 9.80 Å². The maximum Gasteiger partial charge on any atom is 0.494 e. The van der Waals surface area contributed by atoms with E-state index in [0.717, 1.165) is 12.0 Å². The smallest absolute Gasteiger partial charge is 0.399 e.